The molecule has 0 aromatic carbocycles. The van der Waals surface area contributed by atoms with Crippen molar-refractivity contribution in [2.75, 3.05) is 13.1 Å². The summed E-state index contributed by atoms with van der Waals surface area (Å²) in [6, 6.07) is 0. The van der Waals surface area contributed by atoms with Gasteiger partial charge in [0.1, 0.15) is 0 Å². The minimum atomic E-state index is -4.34. The maximum Gasteiger partial charge on any atom is 0.417 e. The fourth-order valence-corrected chi connectivity index (χ4v) is 3.56. The summed E-state index contributed by atoms with van der Waals surface area (Å²) in [7, 11) is 0. The predicted octanol–water partition coefficient (Wildman–Crippen LogP) is 3.31. The van der Waals surface area contributed by atoms with Crippen LogP contribution < -0.4 is 0 Å². The number of alkyl halides is 3. The molecule has 1 fully saturated rings. The van der Waals surface area contributed by atoms with Gasteiger partial charge in [-0.15, -0.1) is 0 Å². The number of hydrogen-bond donors (Lipinski definition) is 1. The third kappa shape index (κ3) is 3.52. The lowest BCUT2D eigenvalue weighted by atomic mass is 9.90. The highest BCUT2D eigenvalue weighted by molar-refractivity contribution is 7.08. The lowest BCUT2D eigenvalue weighted by Crippen LogP contribution is -2.42. The highest BCUT2D eigenvalue weighted by Crippen LogP contribution is 2.35. The van der Waals surface area contributed by atoms with E-state index >= 15 is 0 Å². The number of likely N-dealkylation sites (tertiary alicyclic amines) is 1. The summed E-state index contributed by atoms with van der Waals surface area (Å²) in [6.07, 6.45) is -3.76. The molecule has 2 unspecified atom stereocenters. The topological polar surface area (TPSA) is 40.5 Å². The third-order valence-electron chi connectivity index (χ3n) is 3.53. The zero-order valence-electron chi connectivity index (χ0n) is 11.0. The number of carboxylic acids is 1. The molecule has 112 valence electrons. The van der Waals surface area contributed by atoms with Crippen LogP contribution in [0.5, 0.6) is 0 Å². The molecule has 2 rings (SSSR count). The quantitative estimate of drug-likeness (QED) is 0.931. The van der Waals surface area contributed by atoms with E-state index in [1.807, 2.05) is 11.8 Å². The second-order valence-electron chi connectivity index (χ2n) is 5.38. The highest BCUT2D eigenvalue weighted by Gasteiger charge is 2.35. The monoisotopic (exact) mass is 307 g/mol. The first-order valence-corrected chi connectivity index (χ1v) is 7.29. The first-order valence-electron chi connectivity index (χ1n) is 6.34. The second kappa shape index (κ2) is 5.73. The number of halogens is 3. The van der Waals surface area contributed by atoms with Crippen LogP contribution in [0.4, 0.5) is 13.2 Å². The van der Waals surface area contributed by atoms with Crippen molar-refractivity contribution in [2.24, 2.45) is 11.8 Å². The molecule has 2 atom stereocenters. The van der Waals surface area contributed by atoms with Gasteiger partial charge >= 0.3 is 12.1 Å². The van der Waals surface area contributed by atoms with E-state index in [9.17, 15) is 18.0 Å². The molecule has 1 aliphatic rings. The first kappa shape index (κ1) is 15.3. The van der Waals surface area contributed by atoms with Crippen LogP contribution in [0.1, 0.15) is 24.5 Å². The molecular weight excluding hydrogens is 291 g/mol. The number of hydrogen-bond acceptors (Lipinski definition) is 3. The summed E-state index contributed by atoms with van der Waals surface area (Å²) >= 11 is 1.03. The summed E-state index contributed by atoms with van der Waals surface area (Å²) in [6.45, 7) is 3.04. The number of carbonyl (C=O) groups is 1. The number of rotatable bonds is 3. The summed E-state index contributed by atoms with van der Waals surface area (Å²) in [5, 5.41) is 11.7. The first-order chi connectivity index (χ1) is 9.27. The lowest BCUT2D eigenvalue weighted by Gasteiger charge is -2.34. The summed E-state index contributed by atoms with van der Waals surface area (Å²) in [5.41, 5.74) is -0.367. The van der Waals surface area contributed by atoms with Crippen LogP contribution in [0.2, 0.25) is 0 Å². The molecule has 1 aliphatic heterocycles. The van der Waals surface area contributed by atoms with Gasteiger partial charge in [0.15, 0.2) is 0 Å². The number of piperidine rings is 1. The fourth-order valence-electron chi connectivity index (χ4n) is 2.71. The zero-order chi connectivity index (χ0) is 14.9. The van der Waals surface area contributed by atoms with Crippen molar-refractivity contribution in [3.8, 4) is 0 Å². The highest BCUT2D eigenvalue weighted by atomic mass is 32.1. The lowest BCUT2D eigenvalue weighted by molar-refractivity contribution is -0.145. The second-order valence-corrected chi connectivity index (χ2v) is 6.12. The molecule has 1 aromatic rings. The van der Waals surface area contributed by atoms with Crippen molar-refractivity contribution in [3.05, 3.63) is 21.9 Å². The SMILES string of the molecule is CC1CC(C(=O)O)CN(Cc2cscc2C(F)(F)F)C1. The van der Waals surface area contributed by atoms with Gasteiger partial charge in [-0.1, -0.05) is 6.92 Å². The third-order valence-corrected chi connectivity index (χ3v) is 4.32. The molecule has 0 spiro atoms. The van der Waals surface area contributed by atoms with Gasteiger partial charge in [0.25, 0.3) is 0 Å². The van der Waals surface area contributed by atoms with E-state index in [0.717, 1.165) is 16.7 Å². The summed E-state index contributed by atoms with van der Waals surface area (Å²) in [4.78, 5) is 12.9. The molecular formula is C13H16F3NO2S. The van der Waals surface area contributed by atoms with Crippen LogP contribution >= 0.6 is 11.3 Å². The van der Waals surface area contributed by atoms with Gasteiger partial charge < -0.3 is 5.11 Å². The molecule has 0 bridgehead atoms. The Balaban J connectivity index is 2.10. The van der Waals surface area contributed by atoms with E-state index in [1.165, 1.54) is 5.38 Å². The fraction of sp³-hybridized carbons (Fsp3) is 0.615. The van der Waals surface area contributed by atoms with Crippen molar-refractivity contribution >= 4 is 17.3 Å². The summed E-state index contributed by atoms with van der Waals surface area (Å²) < 4.78 is 38.4. The molecule has 3 nitrogen and oxygen atoms in total. The predicted molar refractivity (Wildman–Crippen MR) is 69.5 cm³/mol. The summed E-state index contributed by atoms with van der Waals surface area (Å²) in [5.74, 6) is -1.19. The van der Waals surface area contributed by atoms with Crippen LogP contribution in [0.15, 0.2) is 10.8 Å². The van der Waals surface area contributed by atoms with E-state index in [1.54, 1.807) is 0 Å². The van der Waals surface area contributed by atoms with Crippen molar-refractivity contribution < 1.29 is 23.1 Å². The number of carboxylic acid groups (broad SMARTS) is 1. The van der Waals surface area contributed by atoms with Crippen LogP contribution in [-0.4, -0.2) is 29.1 Å². The van der Waals surface area contributed by atoms with Crippen LogP contribution in [-0.2, 0) is 17.5 Å². The number of thiophene rings is 1. The molecule has 1 aromatic heterocycles. The molecule has 7 heteroatoms. The Kier molecular flexibility index (Phi) is 4.39. The van der Waals surface area contributed by atoms with Crippen LogP contribution in [0.3, 0.4) is 0 Å². The maximum absolute atomic E-state index is 12.8. The van der Waals surface area contributed by atoms with Crippen LogP contribution in [0.25, 0.3) is 0 Å². The number of nitrogens with zero attached hydrogens (tertiary/aromatic N) is 1. The Morgan fingerprint density at radius 3 is 2.75 bits per heavy atom. The van der Waals surface area contributed by atoms with E-state index in [2.05, 4.69) is 0 Å². The number of aliphatic carboxylic acids is 1. The van der Waals surface area contributed by atoms with Crippen molar-refractivity contribution in [2.45, 2.75) is 26.1 Å². The van der Waals surface area contributed by atoms with Gasteiger partial charge in [-0.3, -0.25) is 9.69 Å². The smallest absolute Gasteiger partial charge is 0.417 e. The van der Waals surface area contributed by atoms with E-state index in [4.69, 9.17) is 5.11 Å². The average Bonchev–Trinajstić information content (AvgIpc) is 2.75. The molecule has 0 radical (unpaired) electrons. The zero-order valence-corrected chi connectivity index (χ0v) is 11.8. The van der Waals surface area contributed by atoms with Crippen molar-refractivity contribution in [3.63, 3.8) is 0 Å². The van der Waals surface area contributed by atoms with E-state index < -0.39 is 23.6 Å². The molecule has 1 saturated heterocycles. The minimum Gasteiger partial charge on any atom is -0.481 e. The Hall–Kier alpha value is -1.08. The van der Waals surface area contributed by atoms with Gasteiger partial charge in [-0.05, 0) is 23.3 Å². The molecule has 1 N–H and O–H groups in total. The Labute approximate surface area is 119 Å². The normalized spacial score (nSPS) is 24.8. The standard InChI is InChI=1S/C13H16F3NO2S/c1-8-2-9(12(18)19)4-17(3-8)5-10-6-20-7-11(10)13(14,15)16/h6-9H,2-5H2,1H3,(H,18,19). The maximum atomic E-state index is 12.8. The van der Waals surface area contributed by atoms with Crippen LogP contribution in [0, 0.1) is 11.8 Å². The molecule has 2 heterocycles. The molecule has 0 amide bonds. The molecule has 0 aliphatic carbocycles. The largest absolute Gasteiger partial charge is 0.481 e. The Bertz CT molecular complexity index is 486. The molecule has 20 heavy (non-hydrogen) atoms. The van der Waals surface area contributed by atoms with E-state index in [-0.39, 0.29) is 18.0 Å². The van der Waals surface area contributed by atoms with Gasteiger partial charge in [-0.25, -0.2) is 0 Å². The average molecular weight is 307 g/mol. The van der Waals surface area contributed by atoms with Gasteiger partial charge in [0.05, 0.1) is 11.5 Å². The van der Waals surface area contributed by atoms with Crippen molar-refractivity contribution in [1.82, 2.24) is 4.90 Å². The minimum absolute atomic E-state index is 0.159. The Morgan fingerprint density at radius 1 is 1.45 bits per heavy atom. The van der Waals surface area contributed by atoms with E-state index in [0.29, 0.717) is 19.5 Å². The van der Waals surface area contributed by atoms with Gasteiger partial charge in [0.2, 0.25) is 0 Å². The van der Waals surface area contributed by atoms with Crippen molar-refractivity contribution in [1.29, 1.82) is 0 Å². The van der Waals surface area contributed by atoms with Gasteiger partial charge in [-0.2, -0.15) is 24.5 Å². The molecule has 0 saturated carbocycles. The van der Waals surface area contributed by atoms with Gasteiger partial charge in [0, 0.05) is 25.0 Å². The Morgan fingerprint density at radius 2 is 2.15 bits per heavy atom.